The Hall–Kier alpha value is -1.62. The van der Waals surface area contributed by atoms with Crippen LogP contribution in [0, 0.1) is 5.82 Å². The Morgan fingerprint density at radius 1 is 1.17 bits per heavy atom. The van der Waals surface area contributed by atoms with E-state index in [0.29, 0.717) is 18.3 Å². The Balaban J connectivity index is 1.62. The zero-order chi connectivity index (χ0) is 17.2. The molecule has 0 aliphatic carbocycles. The van der Waals surface area contributed by atoms with Gasteiger partial charge in [0.25, 0.3) is 0 Å². The lowest BCUT2D eigenvalue weighted by Crippen LogP contribution is -2.61. The normalized spacial score (nSPS) is 25.0. The van der Waals surface area contributed by atoms with Crippen molar-refractivity contribution < 1.29 is 13.9 Å². The second kappa shape index (κ2) is 7.09. The molecule has 4 nitrogen and oxygen atoms in total. The van der Waals surface area contributed by atoms with Crippen molar-refractivity contribution in [2.45, 2.75) is 51.1 Å². The molecule has 1 spiro atoms. The lowest BCUT2D eigenvalue weighted by Gasteiger charge is -2.46. The van der Waals surface area contributed by atoms with E-state index in [4.69, 9.17) is 4.74 Å². The van der Waals surface area contributed by atoms with Crippen molar-refractivity contribution in [1.82, 2.24) is 9.80 Å². The average Bonchev–Trinajstić information content (AvgIpc) is 2.95. The van der Waals surface area contributed by atoms with E-state index in [9.17, 15) is 9.18 Å². The quantitative estimate of drug-likeness (QED) is 0.830. The van der Waals surface area contributed by atoms with Crippen molar-refractivity contribution in [3.8, 4) is 5.75 Å². The van der Waals surface area contributed by atoms with Crippen LogP contribution >= 0.6 is 0 Å². The standard InChI is InChI=1S/C19H27FN2O2/c1-15(2)22-12-4-10-19(18(22)23)9-3-11-21(19)13-14-24-17-7-5-16(20)6-8-17/h5-8,15H,3-4,9-14H2,1-2H3. The molecule has 2 fully saturated rings. The largest absolute Gasteiger partial charge is 0.492 e. The molecule has 0 N–H and O–H groups in total. The molecule has 5 heteroatoms. The van der Waals surface area contributed by atoms with E-state index in [-0.39, 0.29) is 17.4 Å². The van der Waals surface area contributed by atoms with Gasteiger partial charge >= 0.3 is 0 Å². The Morgan fingerprint density at radius 3 is 2.50 bits per heavy atom. The Bertz CT molecular complexity index is 575. The maximum Gasteiger partial charge on any atom is 0.243 e. The monoisotopic (exact) mass is 334 g/mol. The van der Waals surface area contributed by atoms with Crippen LogP contribution in [0.5, 0.6) is 5.75 Å². The number of piperidine rings is 1. The first-order valence-electron chi connectivity index (χ1n) is 8.97. The van der Waals surface area contributed by atoms with Gasteiger partial charge in [-0.25, -0.2) is 4.39 Å². The van der Waals surface area contributed by atoms with Gasteiger partial charge in [0.05, 0.1) is 0 Å². The predicted molar refractivity (Wildman–Crippen MR) is 91.5 cm³/mol. The highest BCUT2D eigenvalue weighted by Gasteiger charge is 2.50. The molecule has 1 aromatic rings. The van der Waals surface area contributed by atoms with E-state index in [1.165, 1.54) is 12.1 Å². The van der Waals surface area contributed by atoms with E-state index >= 15 is 0 Å². The summed E-state index contributed by atoms with van der Waals surface area (Å²) in [7, 11) is 0. The van der Waals surface area contributed by atoms with Gasteiger partial charge in [-0.1, -0.05) is 0 Å². The summed E-state index contributed by atoms with van der Waals surface area (Å²) in [5.74, 6) is 0.703. The molecule has 2 heterocycles. The number of hydrogen-bond donors (Lipinski definition) is 0. The summed E-state index contributed by atoms with van der Waals surface area (Å²) >= 11 is 0. The number of carbonyl (C=O) groups excluding carboxylic acids is 1. The third kappa shape index (κ3) is 3.27. The van der Waals surface area contributed by atoms with Gasteiger partial charge in [-0.3, -0.25) is 9.69 Å². The van der Waals surface area contributed by atoms with Gasteiger partial charge in [0.1, 0.15) is 23.7 Å². The molecule has 1 unspecified atom stereocenters. The van der Waals surface area contributed by atoms with Crippen LogP contribution in [0.3, 0.4) is 0 Å². The zero-order valence-electron chi connectivity index (χ0n) is 14.6. The summed E-state index contributed by atoms with van der Waals surface area (Å²) in [6.45, 7) is 7.25. The highest BCUT2D eigenvalue weighted by atomic mass is 19.1. The van der Waals surface area contributed by atoms with Gasteiger partial charge in [0.2, 0.25) is 5.91 Å². The van der Waals surface area contributed by atoms with Crippen molar-refractivity contribution in [3.05, 3.63) is 30.1 Å². The third-order valence-electron chi connectivity index (χ3n) is 5.34. The number of amides is 1. The minimum Gasteiger partial charge on any atom is -0.492 e. The molecule has 0 radical (unpaired) electrons. The minimum atomic E-state index is -0.325. The first-order chi connectivity index (χ1) is 11.5. The fourth-order valence-electron chi connectivity index (χ4n) is 4.10. The molecular formula is C19H27FN2O2. The first kappa shape index (κ1) is 17.2. The van der Waals surface area contributed by atoms with Gasteiger partial charge < -0.3 is 9.64 Å². The van der Waals surface area contributed by atoms with Gasteiger partial charge in [0.15, 0.2) is 0 Å². The predicted octanol–water partition coefficient (Wildman–Crippen LogP) is 3.07. The SMILES string of the molecule is CC(C)N1CCCC2(CCCN2CCOc2ccc(F)cc2)C1=O. The van der Waals surface area contributed by atoms with Crippen molar-refractivity contribution >= 4 is 5.91 Å². The molecule has 132 valence electrons. The average molecular weight is 334 g/mol. The molecule has 2 aliphatic rings. The summed E-state index contributed by atoms with van der Waals surface area (Å²) < 4.78 is 18.7. The van der Waals surface area contributed by atoms with E-state index in [2.05, 4.69) is 18.7 Å². The maximum absolute atomic E-state index is 13.1. The van der Waals surface area contributed by atoms with Crippen LogP contribution in [0.1, 0.15) is 39.5 Å². The first-order valence-corrected chi connectivity index (χ1v) is 8.97. The number of benzene rings is 1. The summed E-state index contributed by atoms with van der Waals surface area (Å²) in [6.07, 6.45) is 4.03. The molecule has 0 bridgehead atoms. The second-order valence-electron chi connectivity index (χ2n) is 7.12. The highest BCUT2D eigenvalue weighted by Crippen LogP contribution is 2.38. The zero-order valence-corrected chi connectivity index (χ0v) is 14.6. The second-order valence-corrected chi connectivity index (χ2v) is 7.12. The molecule has 2 saturated heterocycles. The summed E-state index contributed by atoms with van der Waals surface area (Å²) in [6, 6.07) is 6.34. The van der Waals surface area contributed by atoms with Gasteiger partial charge in [0, 0.05) is 19.1 Å². The molecule has 2 aliphatic heterocycles. The number of ether oxygens (including phenoxy) is 1. The lowest BCUT2D eigenvalue weighted by molar-refractivity contribution is -0.149. The number of nitrogens with zero attached hydrogens (tertiary/aromatic N) is 2. The number of likely N-dealkylation sites (tertiary alicyclic amines) is 2. The molecular weight excluding hydrogens is 307 g/mol. The lowest BCUT2D eigenvalue weighted by atomic mass is 9.85. The van der Waals surface area contributed by atoms with Crippen LogP contribution in [0.25, 0.3) is 0 Å². The fourth-order valence-corrected chi connectivity index (χ4v) is 4.10. The van der Waals surface area contributed by atoms with Gasteiger partial charge in [-0.15, -0.1) is 0 Å². The Morgan fingerprint density at radius 2 is 1.83 bits per heavy atom. The molecule has 24 heavy (non-hydrogen) atoms. The molecule has 3 rings (SSSR count). The van der Waals surface area contributed by atoms with Crippen molar-refractivity contribution in [2.75, 3.05) is 26.2 Å². The van der Waals surface area contributed by atoms with Gasteiger partial charge in [-0.05, 0) is 70.3 Å². The number of rotatable bonds is 5. The van der Waals surface area contributed by atoms with E-state index in [0.717, 1.165) is 45.3 Å². The topological polar surface area (TPSA) is 32.8 Å². The summed E-state index contributed by atoms with van der Waals surface area (Å²) in [5, 5.41) is 0. The smallest absolute Gasteiger partial charge is 0.243 e. The number of hydrogen-bond acceptors (Lipinski definition) is 3. The van der Waals surface area contributed by atoms with E-state index in [1.807, 2.05) is 4.90 Å². The van der Waals surface area contributed by atoms with Crippen LogP contribution in [-0.2, 0) is 4.79 Å². The van der Waals surface area contributed by atoms with Crippen molar-refractivity contribution in [2.24, 2.45) is 0 Å². The number of halogens is 1. The van der Waals surface area contributed by atoms with Crippen LogP contribution < -0.4 is 4.74 Å². The highest BCUT2D eigenvalue weighted by molar-refractivity contribution is 5.87. The van der Waals surface area contributed by atoms with Crippen LogP contribution in [0.4, 0.5) is 4.39 Å². The van der Waals surface area contributed by atoms with E-state index < -0.39 is 0 Å². The van der Waals surface area contributed by atoms with Crippen LogP contribution in [0.2, 0.25) is 0 Å². The Kier molecular flexibility index (Phi) is 5.09. The third-order valence-corrected chi connectivity index (χ3v) is 5.34. The van der Waals surface area contributed by atoms with Crippen molar-refractivity contribution in [3.63, 3.8) is 0 Å². The minimum absolute atomic E-state index is 0.257. The van der Waals surface area contributed by atoms with E-state index in [1.54, 1.807) is 12.1 Å². The summed E-state index contributed by atoms with van der Waals surface area (Å²) in [5.41, 5.74) is -0.325. The molecule has 1 aromatic carbocycles. The summed E-state index contributed by atoms with van der Waals surface area (Å²) in [4.78, 5) is 17.4. The van der Waals surface area contributed by atoms with Gasteiger partial charge in [-0.2, -0.15) is 0 Å². The number of carbonyl (C=O) groups is 1. The molecule has 0 saturated carbocycles. The van der Waals surface area contributed by atoms with Crippen LogP contribution in [0.15, 0.2) is 24.3 Å². The fraction of sp³-hybridized carbons (Fsp3) is 0.632. The molecule has 1 atom stereocenters. The van der Waals surface area contributed by atoms with Crippen molar-refractivity contribution in [1.29, 1.82) is 0 Å². The Labute approximate surface area is 143 Å². The molecule has 0 aromatic heterocycles. The maximum atomic E-state index is 13.1. The van der Waals surface area contributed by atoms with Crippen LogP contribution in [-0.4, -0.2) is 53.5 Å². The molecule has 1 amide bonds.